The van der Waals surface area contributed by atoms with Gasteiger partial charge in [0.1, 0.15) is 11.8 Å². The second-order valence-corrected chi connectivity index (χ2v) is 9.40. The lowest BCUT2D eigenvalue weighted by Crippen LogP contribution is -2.30. The summed E-state index contributed by atoms with van der Waals surface area (Å²) >= 11 is 9.51. The van der Waals surface area contributed by atoms with Crippen LogP contribution >= 0.6 is 28.1 Å². The Balaban J connectivity index is 1.62. The molecule has 1 N–H and O–H groups in total. The van der Waals surface area contributed by atoms with Crippen LogP contribution in [0.15, 0.2) is 89.7 Å². The number of anilines is 1. The highest BCUT2D eigenvalue weighted by atomic mass is 79.9. The zero-order valence-corrected chi connectivity index (χ0v) is 21.4. The van der Waals surface area contributed by atoms with Crippen LogP contribution in [0.4, 0.5) is 5.69 Å². The van der Waals surface area contributed by atoms with Gasteiger partial charge >= 0.3 is 0 Å². The Morgan fingerprint density at radius 3 is 2.53 bits per heavy atom. The molecule has 0 saturated carbocycles. The third kappa shape index (κ3) is 4.21. The summed E-state index contributed by atoms with van der Waals surface area (Å²) in [7, 11) is 0. The van der Waals surface area contributed by atoms with E-state index in [9.17, 15) is 0 Å². The van der Waals surface area contributed by atoms with E-state index < -0.39 is 0 Å². The number of hydrogen-bond acceptors (Lipinski definition) is 3. The van der Waals surface area contributed by atoms with Crippen molar-refractivity contribution in [2.45, 2.75) is 25.9 Å². The number of thiocarbonyl (C=S) groups is 1. The van der Waals surface area contributed by atoms with E-state index in [2.05, 4.69) is 91.3 Å². The smallest absolute Gasteiger partial charge is 0.174 e. The minimum atomic E-state index is -0.103. The van der Waals surface area contributed by atoms with Crippen molar-refractivity contribution in [1.82, 2.24) is 14.9 Å². The minimum absolute atomic E-state index is 0.0930. The number of halogens is 1. The van der Waals surface area contributed by atoms with E-state index in [1.54, 1.807) is 0 Å². The van der Waals surface area contributed by atoms with Gasteiger partial charge < -0.3 is 19.5 Å². The Morgan fingerprint density at radius 1 is 1.03 bits per heavy atom. The quantitative estimate of drug-likeness (QED) is 0.286. The third-order valence-electron chi connectivity index (χ3n) is 6.03. The summed E-state index contributed by atoms with van der Waals surface area (Å²) in [6.45, 7) is 4.73. The maximum atomic E-state index is 5.88. The summed E-state index contributed by atoms with van der Waals surface area (Å²) in [5.74, 6) is 0.863. The number of nitrogens with one attached hydrogen (secondary N) is 1. The van der Waals surface area contributed by atoms with Crippen LogP contribution in [0, 0.1) is 6.92 Å². The summed E-state index contributed by atoms with van der Waals surface area (Å²) in [6.07, 6.45) is 3.92. The second kappa shape index (κ2) is 9.60. The molecule has 0 unspecified atom stereocenters. The van der Waals surface area contributed by atoms with Crippen LogP contribution in [0.1, 0.15) is 36.0 Å². The van der Waals surface area contributed by atoms with Crippen LogP contribution in [0.2, 0.25) is 0 Å². The van der Waals surface area contributed by atoms with E-state index >= 15 is 0 Å². The van der Waals surface area contributed by atoms with Crippen LogP contribution in [0.25, 0.3) is 5.69 Å². The standard InChI is InChI=1S/C27H25BrN4OS/c1-3-33-21-12-9-19(10-13-21)31-16-6-8-24(31)26-25(23-7-4-5-15-29-23)30-27(34)32(26)20-11-14-22(28)18(2)17-20/h4-17,25-26H,3H2,1-2H3,(H,30,34)/t25-,26-/m0/s1. The molecule has 5 nitrogen and oxygen atoms in total. The highest BCUT2D eigenvalue weighted by Crippen LogP contribution is 2.42. The van der Waals surface area contributed by atoms with E-state index in [0.29, 0.717) is 11.7 Å². The molecule has 34 heavy (non-hydrogen) atoms. The summed E-state index contributed by atoms with van der Waals surface area (Å²) in [4.78, 5) is 6.87. The number of benzene rings is 2. The van der Waals surface area contributed by atoms with Crippen molar-refractivity contribution in [3.8, 4) is 11.4 Å². The molecule has 1 saturated heterocycles. The molecule has 1 fully saturated rings. The Labute approximate surface area is 213 Å². The Kier molecular flexibility index (Phi) is 6.39. The number of nitrogens with zero attached hydrogens (tertiary/aromatic N) is 3. The van der Waals surface area contributed by atoms with Crippen LogP contribution < -0.4 is 15.0 Å². The molecule has 2 aromatic heterocycles. The molecular formula is C27H25BrN4OS. The SMILES string of the molecule is CCOc1ccc(-n2cccc2[C@H]2[C@H](c3ccccn3)NC(=S)N2c2ccc(Br)c(C)c2)cc1. The van der Waals surface area contributed by atoms with Gasteiger partial charge in [-0.15, -0.1) is 0 Å². The molecule has 0 bridgehead atoms. The number of aromatic nitrogens is 2. The van der Waals surface area contributed by atoms with Gasteiger partial charge in [0.15, 0.2) is 5.11 Å². The fourth-order valence-electron chi connectivity index (χ4n) is 4.45. The average molecular weight is 533 g/mol. The summed E-state index contributed by atoms with van der Waals surface area (Å²) in [5.41, 5.74) is 5.33. The lowest BCUT2D eigenvalue weighted by molar-refractivity contribution is 0.340. The molecule has 1 aliphatic rings. The van der Waals surface area contributed by atoms with E-state index in [-0.39, 0.29) is 12.1 Å². The molecule has 1 aliphatic heterocycles. The first-order valence-electron chi connectivity index (χ1n) is 11.2. The molecule has 2 atom stereocenters. The Bertz CT molecular complexity index is 1310. The minimum Gasteiger partial charge on any atom is -0.494 e. The summed E-state index contributed by atoms with van der Waals surface area (Å²) in [5, 5.41) is 4.23. The van der Waals surface area contributed by atoms with Crippen molar-refractivity contribution in [2.24, 2.45) is 0 Å². The molecule has 4 aromatic rings. The molecule has 0 amide bonds. The van der Waals surface area contributed by atoms with E-state index in [1.807, 2.05) is 43.5 Å². The van der Waals surface area contributed by atoms with Crippen molar-refractivity contribution < 1.29 is 4.74 Å². The van der Waals surface area contributed by atoms with Crippen LogP contribution in [-0.4, -0.2) is 21.3 Å². The molecule has 5 rings (SSSR count). The highest BCUT2D eigenvalue weighted by Gasteiger charge is 2.42. The molecule has 172 valence electrons. The summed E-state index contributed by atoms with van der Waals surface area (Å²) < 4.78 is 8.92. The van der Waals surface area contributed by atoms with Gasteiger partial charge in [-0.2, -0.15) is 0 Å². The van der Waals surface area contributed by atoms with Crippen molar-refractivity contribution in [3.05, 3.63) is 107 Å². The van der Waals surface area contributed by atoms with Crippen LogP contribution in [0.5, 0.6) is 5.75 Å². The van der Waals surface area contributed by atoms with Gasteiger partial charge in [0.25, 0.3) is 0 Å². The van der Waals surface area contributed by atoms with Crippen molar-refractivity contribution in [2.75, 3.05) is 11.5 Å². The molecular weight excluding hydrogens is 508 g/mol. The maximum absolute atomic E-state index is 5.88. The van der Waals surface area contributed by atoms with Crippen LogP contribution in [0.3, 0.4) is 0 Å². The molecule has 0 radical (unpaired) electrons. The van der Waals surface area contributed by atoms with Crippen molar-refractivity contribution in [1.29, 1.82) is 0 Å². The average Bonchev–Trinajstić information content (AvgIpc) is 3.46. The molecule has 0 aliphatic carbocycles. The number of rotatable bonds is 6. The predicted molar refractivity (Wildman–Crippen MR) is 144 cm³/mol. The van der Waals surface area contributed by atoms with Gasteiger partial charge in [0.05, 0.1) is 18.3 Å². The van der Waals surface area contributed by atoms with Gasteiger partial charge in [-0.25, -0.2) is 0 Å². The van der Waals surface area contributed by atoms with Gasteiger partial charge in [-0.3, -0.25) is 4.98 Å². The number of hydrogen-bond donors (Lipinski definition) is 1. The first-order valence-corrected chi connectivity index (χ1v) is 12.4. The third-order valence-corrected chi connectivity index (χ3v) is 7.23. The fourth-order valence-corrected chi connectivity index (χ4v) is 5.04. The monoisotopic (exact) mass is 532 g/mol. The maximum Gasteiger partial charge on any atom is 0.174 e. The normalized spacial score (nSPS) is 17.6. The highest BCUT2D eigenvalue weighted by molar-refractivity contribution is 9.10. The largest absolute Gasteiger partial charge is 0.494 e. The molecule has 2 aromatic carbocycles. The lowest BCUT2D eigenvalue weighted by atomic mass is 10.0. The van der Waals surface area contributed by atoms with Gasteiger partial charge in [0.2, 0.25) is 0 Å². The number of ether oxygens (including phenoxy) is 1. The van der Waals surface area contributed by atoms with Gasteiger partial charge in [0, 0.05) is 33.9 Å². The summed E-state index contributed by atoms with van der Waals surface area (Å²) in [6, 6.07) is 24.6. The zero-order chi connectivity index (χ0) is 23.7. The van der Waals surface area contributed by atoms with E-state index in [4.69, 9.17) is 17.0 Å². The number of pyridine rings is 1. The Morgan fingerprint density at radius 2 is 1.82 bits per heavy atom. The number of aryl methyl sites for hydroxylation is 1. The zero-order valence-electron chi connectivity index (χ0n) is 19.0. The van der Waals surface area contributed by atoms with Crippen molar-refractivity contribution in [3.63, 3.8) is 0 Å². The molecule has 3 heterocycles. The van der Waals surface area contributed by atoms with Gasteiger partial charge in [-0.1, -0.05) is 22.0 Å². The van der Waals surface area contributed by atoms with Crippen molar-refractivity contribution >= 4 is 38.9 Å². The predicted octanol–water partition coefficient (Wildman–Crippen LogP) is 6.52. The molecule has 7 heteroatoms. The topological polar surface area (TPSA) is 42.3 Å². The van der Waals surface area contributed by atoms with Crippen LogP contribution in [-0.2, 0) is 0 Å². The van der Waals surface area contributed by atoms with E-state index in [1.165, 1.54) is 0 Å². The first kappa shape index (κ1) is 22.6. The lowest BCUT2D eigenvalue weighted by Gasteiger charge is -2.29. The van der Waals surface area contributed by atoms with Gasteiger partial charge in [-0.05, 0) is 98.4 Å². The van der Waals surface area contributed by atoms with E-state index in [0.717, 1.165) is 38.5 Å². The fraction of sp³-hybridized carbons (Fsp3) is 0.185. The second-order valence-electron chi connectivity index (χ2n) is 8.16. The molecule has 0 spiro atoms. The first-order chi connectivity index (χ1) is 16.6. The Hall–Kier alpha value is -3.16.